The maximum absolute atomic E-state index is 6.64. The summed E-state index contributed by atoms with van der Waals surface area (Å²) in [5, 5.41) is 0. The van der Waals surface area contributed by atoms with Gasteiger partial charge in [0, 0.05) is 44.4 Å². The zero-order chi connectivity index (χ0) is 35.1. The van der Waals surface area contributed by atoms with Crippen molar-refractivity contribution in [2.75, 3.05) is 0 Å². The summed E-state index contributed by atoms with van der Waals surface area (Å²) in [5.41, 5.74) is 7.06. The average molecular weight is 673 g/mol. The summed E-state index contributed by atoms with van der Waals surface area (Å²) in [6.45, 7) is 4.45. The Bertz CT molecular complexity index is 2520. The first kappa shape index (κ1) is 31.1. The molecule has 0 saturated carbocycles. The molecule has 0 unspecified atom stereocenters. The summed E-state index contributed by atoms with van der Waals surface area (Å²) in [4.78, 5) is 30.0. The number of para-hydroxylation sites is 2. The van der Waals surface area contributed by atoms with Crippen molar-refractivity contribution in [2.45, 2.75) is 19.3 Å². The van der Waals surface area contributed by atoms with Gasteiger partial charge in [-0.3, -0.25) is 0 Å². The Balaban J connectivity index is 1.20. The first-order chi connectivity index (χ1) is 25.5. The number of fused-ring (bicyclic) bond motifs is 2. The fourth-order valence-electron chi connectivity index (χ4n) is 6.72. The van der Waals surface area contributed by atoms with Crippen molar-refractivity contribution < 1.29 is 4.74 Å². The molecule has 0 N–H and O–H groups in total. The zero-order valence-corrected chi connectivity index (χ0v) is 28.6. The van der Waals surface area contributed by atoms with Crippen LogP contribution in [0.1, 0.15) is 25.0 Å². The van der Waals surface area contributed by atoms with Gasteiger partial charge in [-0.2, -0.15) is 0 Å². The average Bonchev–Trinajstić information content (AvgIpc) is 3.21. The Morgan fingerprint density at radius 3 is 1.27 bits per heavy atom. The maximum Gasteiger partial charge on any atom is 0.167 e. The zero-order valence-electron chi connectivity index (χ0n) is 28.6. The molecule has 52 heavy (non-hydrogen) atoms. The molecule has 8 aromatic rings. The lowest BCUT2D eigenvalue weighted by atomic mass is 9.75. The fraction of sp³-hybridized carbons (Fsp3) is 0.0667. The summed E-state index contributed by atoms with van der Waals surface area (Å²) in [6, 6.07) is 52.3. The first-order valence-electron chi connectivity index (χ1n) is 17.2. The van der Waals surface area contributed by atoms with E-state index in [2.05, 4.69) is 38.1 Å². The van der Waals surface area contributed by atoms with Crippen molar-refractivity contribution in [3.8, 4) is 79.8 Å². The van der Waals surface area contributed by atoms with Gasteiger partial charge in [0.05, 0.1) is 5.56 Å². The molecular formula is C45H32N6O. The number of hydrogen-bond donors (Lipinski definition) is 0. The second-order valence-electron chi connectivity index (χ2n) is 13.2. The van der Waals surface area contributed by atoms with Crippen LogP contribution in [0.25, 0.3) is 68.3 Å². The van der Waals surface area contributed by atoms with Crippen molar-refractivity contribution in [1.29, 1.82) is 0 Å². The highest BCUT2D eigenvalue weighted by Gasteiger charge is 2.36. The highest BCUT2D eigenvalue weighted by atomic mass is 16.5. The molecule has 0 radical (unpaired) electrons. The van der Waals surface area contributed by atoms with Crippen molar-refractivity contribution in [2.24, 2.45) is 0 Å². The van der Waals surface area contributed by atoms with E-state index < -0.39 is 0 Å². The van der Waals surface area contributed by atoms with Crippen molar-refractivity contribution in [3.05, 3.63) is 169 Å². The van der Waals surface area contributed by atoms with Crippen LogP contribution < -0.4 is 4.74 Å². The molecule has 248 valence electrons. The predicted molar refractivity (Wildman–Crippen MR) is 204 cm³/mol. The van der Waals surface area contributed by atoms with E-state index in [1.54, 1.807) is 0 Å². The quantitative estimate of drug-likeness (QED) is 0.174. The van der Waals surface area contributed by atoms with Crippen LogP contribution in [-0.4, -0.2) is 29.9 Å². The van der Waals surface area contributed by atoms with Gasteiger partial charge < -0.3 is 4.74 Å². The minimum atomic E-state index is -0.283. The number of aromatic nitrogens is 6. The number of hydrogen-bond acceptors (Lipinski definition) is 7. The molecule has 0 fully saturated rings. The molecule has 1 aliphatic heterocycles. The van der Waals surface area contributed by atoms with E-state index in [0.717, 1.165) is 56.0 Å². The van der Waals surface area contributed by atoms with Crippen molar-refractivity contribution in [1.82, 2.24) is 29.9 Å². The first-order valence-corrected chi connectivity index (χ1v) is 17.2. The molecule has 7 nitrogen and oxygen atoms in total. The molecular weight excluding hydrogens is 641 g/mol. The SMILES string of the molecule is CC1(C)c2ccccc2Oc2c(-c3nc(-c4ccccc4)nc(-c4cccc(-c5nc(-c6ccccc6)nc(-c6ccccc6)n5)c4)n3)cccc21. The van der Waals surface area contributed by atoms with Crippen LogP contribution in [0, 0.1) is 0 Å². The summed E-state index contributed by atoms with van der Waals surface area (Å²) in [6.07, 6.45) is 0. The fourth-order valence-corrected chi connectivity index (χ4v) is 6.72. The van der Waals surface area contributed by atoms with Gasteiger partial charge in [-0.15, -0.1) is 0 Å². The third-order valence-electron chi connectivity index (χ3n) is 9.45. The molecule has 1 aliphatic rings. The molecule has 6 aromatic carbocycles. The van der Waals surface area contributed by atoms with E-state index >= 15 is 0 Å². The molecule has 3 heterocycles. The Kier molecular flexibility index (Phi) is 7.66. The van der Waals surface area contributed by atoms with E-state index in [4.69, 9.17) is 34.6 Å². The van der Waals surface area contributed by atoms with Crippen LogP contribution in [0.3, 0.4) is 0 Å². The highest BCUT2D eigenvalue weighted by Crippen LogP contribution is 2.50. The molecule has 0 spiro atoms. The topological polar surface area (TPSA) is 86.6 Å². The van der Waals surface area contributed by atoms with Gasteiger partial charge in [-0.05, 0) is 18.2 Å². The predicted octanol–water partition coefficient (Wildman–Crippen LogP) is 10.5. The van der Waals surface area contributed by atoms with E-state index in [1.807, 2.05) is 133 Å². The lowest BCUT2D eigenvalue weighted by molar-refractivity contribution is 0.419. The van der Waals surface area contributed by atoms with E-state index in [0.29, 0.717) is 34.9 Å². The summed E-state index contributed by atoms with van der Waals surface area (Å²) in [7, 11) is 0. The van der Waals surface area contributed by atoms with Crippen LogP contribution >= 0.6 is 0 Å². The van der Waals surface area contributed by atoms with Crippen molar-refractivity contribution in [3.63, 3.8) is 0 Å². The van der Waals surface area contributed by atoms with Crippen LogP contribution in [0.5, 0.6) is 11.5 Å². The van der Waals surface area contributed by atoms with Crippen LogP contribution in [0.15, 0.2) is 158 Å². The third kappa shape index (κ3) is 5.68. The summed E-state index contributed by atoms with van der Waals surface area (Å²) >= 11 is 0. The molecule has 0 bridgehead atoms. The number of nitrogens with zero attached hydrogens (tertiary/aromatic N) is 6. The second-order valence-corrected chi connectivity index (χ2v) is 13.2. The van der Waals surface area contributed by atoms with E-state index in [-0.39, 0.29) is 5.41 Å². The highest BCUT2D eigenvalue weighted by molar-refractivity contribution is 5.76. The standard InChI is InChI=1S/C45H32N6O/c1-45(2)35-25-12-13-27-37(35)52-38-34(24-15-26-36(38)45)44-50-41(31-20-10-5-11-21-31)49-43(51-44)33-23-14-22-32(28-33)42-47-39(29-16-6-3-7-17-29)46-40(48-42)30-18-8-4-9-19-30/h3-28H,1-2H3. The van der Waals surface area contributed by atoms with Gasteiger partial charge in [0.15, 0.2) is 34.9 Å². The molecule has 7 heteroatoms. The second kappa shape index (κ2) is 12.8. The molecule has 0 aliphatic carbocycles. The molecule has 0 saturated heterocycles. The van der Waals surface area contributed by atoms with Crippen molar-refractivity contribution >= 4 is 0 Å². The van der Waals surface area contributed by atoms with E-state index in [1.165, 1.54) is 0 Å². The van der Waals surface area contributed by atoms with Gasteiger partial charge in [-0.25, -0.2) is 29.9 Å². The molecule has 2 aromatic heterocycles. The Morgan fingerprint density at radius 1 is 0.365 bits per heavy atom. The normalized spacial score (nSPS) is 12.7. The number of benzene rings is 6. The third-order valence-corrected chi connectivity index (χ3v) is 9.45. The minimum Gasteiger partial charge on any atom is -0.456 e. The van der Waals surface area contributed by atoms with Gasteiger partial charge in [-0.1, -0.05) is 153 Å². The molecule has 0 amide bonds. The smallest absolute Gasteiger partial charge is 0.167 e. The van der Waals surface area contributed by atoms with E-state index in [9.17, 15) is 0 Å². The lowest BCUT2D eigenvalue weighted by Crippen LogP contribution is -2.24. The van der Waals surface area contributed by atoms with Crippen LogP contribution in [0.4, 0.5) is 0 Å². The molecule has 0 atom stereocenters. The van der Waals surface area contributed by atoms with Crippen LogP contribution in [0.2, 0.25) is 0 Å². The summed E-state index contributed by atoms with van der Waals surface area (Å²) in [5.74, 6) is 4.96. The number of rotatable bonds is 6. The van der Waals surface area contributed by atoms with Gasteiger partial charge in [0.2, 0.25) is 0 Å². The lowest BCUT2D eigenvalue weighted by Gasteiger charge is -2.35. The Morgan fingerprint density at radius 2 is 0.750 bits per heavy atom. The number of ether oxygens (including phenoxy) is 1. The van der Waals surface area contributed by atoms with Gasteiger partial charge >= 0.3 is 0 Å². The Labute approximate surface area is 301 Å². The summed E-state index contributed by atoms with van der Waals surface area (Å²) < 4.78 is 6.64. The van der Waals surface area contributed by atoms with Gasteiger partial charge in [0.25, 0.3) is 0 Å². The minimum absolute atomic E-state index is 0.283. The largest absolute Gasteiger partial charge is 0.456 e. The Hall–Kier alpha value is -6.86. The van der Waals surface area contributed by atoms with Gasteiger partial charge in [0.1, 0.15) is 11.5 Å². The van der Waals surface area contributed by atoms with Crippen LogP contribution in [-0.2, 0) is 5.41 Å². The monoisotopic (exact) mass is 672 g/mol. The molecule has 9 rings (SSSR count). The maximum atomic E-state index is 6.64.